The van der Waals surface area contributed by atoms with E-state index in [0.29, 0.717) is 0 Å². The van der Waals surface area contributed by atoms with E-state index < -0.39 is 49.8 Å². The monoisotopic (exact) mass is 392 g/mol. The lowest BCUT2D eigenvalue weighted by Gasteiger charge is -2.35. The number of esters is 1. The van der Waals surface area contributed by atoms with Gasteiger partial charge in [-0.1, -0.05) is 0 Å². The highest BCUT2D eigenvalue weighted by Crippen LogP contribution is 2.36. The van der Waals surface area contributed by atoms with Crippen molar-refractivity contribution in [2.75, 3.05) is 13.2 Å². The first kappa shape index (κ1) is 23.2. The summed E-state index contributed by atoms with van der Waals surface area (Å²) in [6.07, 6.45) is -6.44. The molecule has 0 aliphatic carbocycles. The van der Waals surface area contributed by atoms with Crippen molar-refractivity contribution < 1.29 is 37.0 Å². The molecule has 0 N–H and O–H groups in total. The van der Waals surface area contributed by atoms with Crippen molar-refractivity contribution in [3.05, 3.63) is 0 Å². The molecule has 0 bridgehead atoms. The van der Waals surface area contributed by atoms with Crippen LogP contribution in [0.1, 0.15) is 34.6 Å². The van der Waals surface area contributed by atoms with Crippen molar-refractivity contribution >= 4 is 31.0 Å². The number of nitrogens with zero attached hydrogens (tertiary/aromatic N) is 1. The Labute approximate surface area is 145 Å². The molecule has 140 valence electrons. The van der Waals surface area contributed by atoms with Crippen molar-refractivity contribution in [3.8, 4) is 0 Å². The molecule has 1 amide bonds. The maximum Gasteiger partial charge on any atom is 0.471 e. The number of hydrogen-bond donors (Lipinski definition) is 0. The maximum absolute atomic E-state index is 13.0. The fraction of sp³-hybridized carbons (Fsp3) is 0.846. The molecule has 0 spiro atoms. The summed E-state index contributed by atoms with van der Waals surface area (Å²) in [6, 6.07) is 0. The average molecular weight is 392 g/mol. The fourth-order valence-corrected chi connectivity index (χ4v) is 3.17. The SMILES string of the molecule is CCOC(=O)CN(C(=O)C(F)(F)F)C(OC(C)C)(OC(C)C)[PH+]=S. The normalized spacial score (nSPS) is 12.8. The van der Waals surface area contributed by atoms with Gasteiger partial charge in [0.15, 0.2) is 11.8 Å². The summed E-state index contributed by atoms with van der Waals surface area (Å²) in [6.45, 7) is 6.65. The van der Waals surface area contributed by atoms with Gasteiger partial charge in [0.05, 0.1) is 18.8 Å². The fourth-order valence-electron chi connectivity index (χ4n) is 1.70. The molecule has 0 aliphatic heterocycles. The third-order valence-electron chi connectivity index (χ3n) is 2.36. The Bertz CT molecular complexity index is 449. The summed E-state index contributed by atoms with van der Waals surface area (Å²) >= 11 is 4.92. The Morgan fingerprint density at radius 2 is 1.58 bits per heavy atom. The number of ether oxygens (including phenoxy) is 3. The van der Waals surface area contributed by atoms with Crippen LogP contribution in [0.4, 0.5) is 13.2 Å². The van der Waals surface area contributed by atoms with Crippen LogP contribution in [0, 0.1) is 0 Å². The lowest BCUT2D eigenvalue weighted by atomic mass is 10.4. The van der Waals surface area contributed by atoms with Crippen LogP contribution in [-0.2, 0) is 35.6 Å². The van der Waals surface area contributed by atoms with Crippen LogP contribution < -0.4 is 0 Å². The summed E-state index contributed by atoms with van der Waals surface area (Å²) in [5, 5.41) is 0. The van der Waals surface area contributed by atoms with Crippen molar-refractivity contribution in [1.82, 2.24) is 4.90 Å². The Kier molecular flexibility index (Phi) is 9.27. The van der Waals surface area contributed by atoms with Crippen molar-refractivity contribution in [2.24, 2.45) is 0 Å². The van der Waals surface area contributed by atoms with Gasteiger partial charge >= 0.3 is 23.7 Å². The molecule has 0 rings (SSSR count). The number of amides is 1. The quantitative estimate of drug-likeness (QED) is 0.341. The third kappa shape index (κ3) is 6.96. The molecule has 1 atom stereocenters. The summed E-state index contributed by atoms with van der Waals surface area (Å²) in [4.78, 5) is 23.7. The first-order valence-corrected chi connectivity index (χ1v) is 9.32. The van der Waals surface area contributed by atoms with E-state index in [1.807, 2.05) is 0 Å². The highest BCUT2D eigenvalue weighted by atomic mass is 32.4. The van der Waals surface area contributed by atoms with Crippen LogP contribution in [0.5, 0.6) is 0 Å². The number of carbonyl (C=O) groups excluding carboxylic acids is 2. The van der Waals surface area contributed by atoms with E-state index in [1.165, 1.54) is 6.92 Å². The molecule has 0 aliphatic rings. The minimum Gasteiger partial charge on any atom is -0.465 e. The van der Waals surface area contributed by atoms with E-state index in [9.17, 15) is 22.8 Å². The Morgan fingerprint density at radius 3 is 1.88 bits per heavy atom. The Balaban J connectivity index is 5.99. The molecular weight excluding hydrogens is 370 g/mol. The molecule has 0 radical (unpaired) electrons. The first-order valence-electron chi connectivity index (χ1n) is 7.19. The molecule has 0 saturated carbocycles. The molecule has 11 heteroatoms. The van der Waals surface area contributed by atoms with Gasteiger partial charge in [-0.15, -0.1) is 0 Å². The second kappa shape index (κ2) is 9.60. The van der Waals surface area contributed by atoms with Gasteiger partial charge in [-0.3, -0.25) is 19.1 Å². The number of carbonyl (C=O) groups is 2. The second-order valence-electron chi connectivity index (χ2n) is 5.21. The Morgan fingerprint density at radius 1 is 1.12 bits per heavy atom. The molecule has 6 nitrogen and oxygen atoms in total. The molecule has 0 heterocycles. The van der Waals surface area contributed by atoms with E-state index in [4.69, 9.17) is 21.3 Å². The highest BCUT2D eigenvalue weighted by Gasteiger charge is 2.57. The minimum absolute atomic E-state index is 0.0495. The van der Waals surface area contributed by atoms with Crippen LogP contribution >= 0.6 is 7.36 Å². The first-order chi connectivity index (χ1) is 10.9. The number of rotatable bonds is 9. The largest absolute Gasteiger partial charge is 0.471 e. The van der Waals surface area contributed by atoms with Crippen LogP contribution in [-0.4, -0.2) is 54.0 Å². The smallest absolute Gasteiger partial charge is 0.465 e. The van der Waals surface area contributed by atoms with Gasteiger partial charge < -0.3 is 4.74 Å². The van der Waals surface area contributed by atoms with Crippen LogP contribution in [0.25, 0.3) is 0 Å². The topological polar surface area (TPSA) is 65.1 Å². The van der Waals surface area contributed by atoms with Crippen molar-refractivity contribution in [2.45, 2.75) is 58.7 Å². The minimum atomic E-state index is -5.23. The van der Waals surface area contributed by atoms with E-state index in [0.717, 1.165) is 0 Å². The van der Waals surface area contributed by atoms with Crippen LogP contribution in [0.2, 0.25) is 0 Å². The standard InChI is InChI=1S/C13H21F3NO5PS/c1-6-20-10(18)7-17(11(19)12(14,15)16)13(23-24,21-8(2)3)22-9(4)5/h8-9H,6-7H2,1-5H3/p+1. The third-order valence-corrected chi connectivity index (χ3v) is 3.89. The lowest BCUT2D eigenvalue weighted by Crippen LogP contribution is -2.58. The lowest BCUT2D eigenvalue weighted by molar-refractivity contribution is -0.287. The number of hydrogen-bond acceptors (Lipinski definition) is 6. The Hall–Kier alpha value is -0.830. The zero-order valence-corrected chi connectivity index (χ0v) is 15.9. The molecule has 0 aromatic rings. The molecule has 0 aromatic carbocycles. The van der Waals surface area contributed by atoms with Crippen molar-refractivity contribution in [3.63, 3.8) is 0 Å². The summed E-state index contributed by atoms with van der Waals surface area (Å²) in [5.41, 5.74) is -2.18. The van der Waals surface area contributed by atoms with Gasteiger partial charge in [0.25, 0.3) is 7.36 Å². The average Bonchev–Trinajstić information content (AvgIpc) is 2.41. The van der Waals surface area contributed by atoms with Gasteiger partial charge in [-0.25, -0.2) is 4.90 Å². The van der Waals surface area contributed by atoms with E-state index in [1.54, 1.807) is 27.7 Å². The van der Waals surface area contributed by atoms with Crippen LogP contribution in [0.3, 0.4) is 0 Å². The van der Waals surface area contributed by atoms with Gasteiger partial charge in [0, 0.05) is 0 Å². The van der Waals surface area contributed by atoms with Crippen molar-refractivity contribution in [1.29, 1.82) is 0 Å². The van der Waals surface area contributed by atoms with Gasteiger partial charge in [-0.05, 0) is 34.6 Å². The predicted molar refractivity (Wildman–Crippen MR) is 85.3 cm³/mol. The second-order valence-corrected chi connectivity index (χ2v) is 6.66. The van der Waals surface area contributed by atoms with Crippen LogP contribution in [0.15, 0.2) is 0 Å². The molecule has 0 aromatic heterocycles. The maximum atomic E-state index is 13.0. The number of halogens is 3. The van der Waals surface area contributed by atoms with E-state index in [2.05, 4.69) is 4.74 Å². The molecule has 0 fully saturated rings. The van der Waals surface area contributed by atoms with Gasteiger partial charge in [0.1, 0.15) is 6.54 Å². The summed E-state index contributed by atoms with van der Waals surface area (Å²) in [7, 11) is -0.805. The molecular formula is C13H22F3NO5PS+. The summed E-state index contributed by atoms with van der Waals surface area (Å²) < 4.78 is 54.5. The highest BCUT2D eigenvalue weighted by molar-refractivity contribution is 7.96. The molecule has 1 unspecified atom stereocenters. The predicted octanol–water partition coefficient (Wildman–Crippen LogP) is 2.54. The zero-order chi connectivity index (χ0) is 19.1. The summed E-state index contributed by atoms with van der Waals surface area (Å²) in [5.74, 6) is -3.30. The number of alkyl halides is 3. The molecule has 24 heavy (non-hydrogen) atoms. The van der Waals surface area contributed by atoms with Gasteiger partial charge in [0.2, 0.25) is 0 Å². The van der Waals surface area contributed by atoms with Gasteiger partial charge in [-0.2, -0.15) is 13.2 Å². The van der Waals surface area contributed by atoms with E-state index in [-0.39, 0.29) is 11.5 Å². The zero-order valence-electron chi connectivity index (χ0n) is 14.1. The molecule has 0 saturated heterocycles. The van der Waals surface area contributed by atoms with E-state index >= 15 is 0 Å².